The summed E-state index contributed by atoms with van der Waals surface area (Å²) in [6, 6.07) is 14.0. The second-order valence-corrected chi connectivity index (χ2v) is 8.85. The van der Waals surface area contributed by atoms with E-state index >= 15 is 0 Å². The van der Waals surface area contributed by atoms with E-state index in [0.717, 1.165) is 60.8 Å². The van der Waals surface area contributed by atoms with E-state index in [0.29, 0.717) is 12.4 Å². The van der Waals surface area contributed by atoms with Crippen LogP contribution in [0.25, 0.3) is 11.4 Å². The molecule has 1 aromatic carbocycles. The average Bonchev–Trinajstić information content (AvgIpc) is 2.80. The maximum absolute atomic E-state index is 12.8. The van der Waals surface area contributed by atoms with E-state index in [-0.39, 0.29) is 17.8 Å². The number of fused-ring (bicyclic) bond motifs is 1. The molecule has 0 amide bonds. The maximum atomic E-state index is 12.8. The number of ether oxygens (including phenoxy) is 1. The summed E-state index contributed by atoms with van der Waals surface area (Å²) in [5.74, 6) is 1.64. The second-order valence-electron chi connectivity index (χ2n) is 8.85. The molecule has 0 aliphatic carbocycles. The van der Waals surface area contributed by atoms with E-state index in [9.17, 15) is 4.79 Å². The van der Waals surface area contributed by atoms with Gasteiger partial charge in [-0.05, 0) is 25.5 Å². The number of hydrogen-bond donors (Lipinski definition) is 1. The molecule has 1 saturated heterocycles. The molecule has 166 valence electrons. The predicted octanol–water partition coefficient (Wildman–Crippen LogP) is 3.00. The van der Waals surface area contributed by atoms with Crippen LogP contribution in [0.1, 0.15) is 30.7 Å². The summed E-state index contributed by atoms with van der Waals surface area (Å²) in [6.07, 6.45) is 3.15. The lowest BCUT2D eigenvalue weighted by Gasteiger charge is -2.36. The van der Waals surface area contributed by atoms with Crippen LogP contribution in [0.2, 0.25) is 0 Å². The molecule has 2 aromatic heterocycles. The third-order valence-corrected chi connectivity index (χ3v) is 6.15. The van der Waals surface area contributed by atoms with E-state index in [4.69, 9.17) is 14.7 Å². The number of aromatic amines is 1. The number of anilines is 1. The highest BCUT2D eigenvalue weighted by atomic mass is 16.5. The number of aromatic nitrogens is 3. The minimum absolute atomic E-state index is 0.0393. The molecule has 1 N–H and O–H groups in total. The lowest BCUT2D eigenvalue weighted by Crippen LogP contribution is -2.45. The fraction of sp³-hybridized carbons (Fsp3) is 0.400. The summed E-state index contributed by atoms with van der Waals surface area (Å²) < 4.78 is 5.82. The maximum Gasteiger partial charge on any atom is 0.255 e. The highest BCUT2D eigenvalue weighted by molar-refractivity contribution is 5.54. The van der Waals surface area contributed by atoms with Crippen molar-refractivity contribution in [1.29, 1.82) is 0 Å². The normalized spacial score (nSPS) is 21.4. The van der Waals surface area contributed by atoms with E-state index in [2.05, 4.69) is 40.8 Å². The molecule has 4 heterocycles. The minimum Gasteiger partial charge on any atom is -0.372 e. The van der Waals surface area contributed by atoms with Crippen LogP contribution in [0.15, 0.2) is 53.5 Å². The van der Waals surface area contributed by atoms with Crippen molar-refractivity contribution in [3.05, 3.63) is 75.8 Å². The van der Waals surface area contributed by atoms with Gasteiger partial charge in [0.1, 0.15) is 11.6 Å². The van der Waals surface area contributed by atoms with Crippen molar-refractivity contribution in [2.45, 2.75) is 45.6 Å². The minimum atomic E-state index is -0.0393. The first kappa shape index (κ1) is 20.8. The third kappa shape index (κ3) is 4.45. The van der Waals surface area contributed by atoms with Crippen LogP contribution in [-0.4, -0.2) is 51.7 Å². The summed E-state index contributed by atoms with van der Waals surface area (Å²) in [4.78, 5) is 29.8. The number of H-pyrrole nitrogens is 1. The zero-order valence-corrected chi connectivity index (χ0v) is 18.6. The van der Waals surface area contributed by atoms with Crippen LogP contribution in [-0.2, 0) is 24.2 Å². The number of nitrogens with one attached hydrogen (secondary N) is 1. The molecule has 0 bridgehead atoms. The van der Waals surface area contributed by atoms with Crippen molar-refractivity contribution < 1.29 is 4.74 Å². The van der Waals surface area contributed by atoms with Gasteiger partial charge in [0, 0.05) is 50.9 Å². The van der Waals surface area contributed by atoms with Gasteiger partial charge in [-0.15, -0.1) is 0 Å². The summed E-state index contributed by atoms with van der Waals surface area (Å²) in [6.45, 7) is 8.17. The molecule has 0 radical (unpaired) electrons. The Bertz CT molecular complexity index is 1120. The molecule has 1 fully saturated rings. The largest absolute Gasteiger partial charge is 0.372 e. The number of rotatable bonds is 4. The van der Waals surface area contributed by atoms with Crippen LogP contribution < -0.4 is 10.5 Å². The van der Waals surface area contributed by atoms with Crippen molar-refractivity contribution in [3.63, 3.8) is 0 Å². The van der Waals surface area contributed by atoms with Gasteiger partial charge in [0.15, 0.2) is 0 Å². The highest BCUT2D eigenvalue weighted by Gasteiger charge is 2.24. The van der Waals surface area contributed by atoms with Gasteiger partial charge < -0.3 is 14.6 Å². The van der Waals surface area contributed by atoms with Gasteiger partial charge in [0.25, 0.3) is 5.56 Å². The Morgan fingerprint density at radius 2 is 1.88 bits per heavy atom. The Balaban J connectivity index is 1.27. The molecule has 7 heteroatoms. The van der Waals surface area contributed by atoms with Crippen LogP contribution in [0.3, 0.4) is 0 Å². The SMILES string of the molecule is CC1CN(c2ccc(CN3CCc4nc(-c5ccccc5)[nH]c(=O)c4C3)cn2)CC(C)O1. The first-order valence-corrected chi connectivity index (χ1v) is 11.3. The molecule has 2 atom stereocenters. The Morgan fingerprint density at radius 3 is 2.59 bits per heavy atom. The first-order valence-electron chi connectivity index (χ1n) is 11.3. The fourth-order valence-electron chi connectivity index (χ4n) is 4.67. The number of benzene rings is 1. The summed E-state index contributed by atoms with van der Waals surface area (Å²) in [5, 5.41) is 0. The average molecular weight is 432 g/mol. The van der Waals surface area contributed by atoms with Gasteiger partial charge in [-0.3, -0.25) is 9.69 Å². The zero-order chi connectivity index (χ0) is 22.1. The lowest BCUT2D eigenvalue weighted by atomic mass is 10.1. The molecule has 2 unspecified atom stereocenters. The molecule has 3 aromatic rings. The quantitative estimate of drug-likeness (QED) is 0.685. The zero-order valence-electron chi connectivity index (χ0n) is 18.6. The molecule has 0 spiro atoms. The second kappa shape index (κ2) is 8.84. The molecule has 2 aliphatic heterocycles. The summed E-state index contributed by atoms with van der Waals surface area (Å²) in [5.41, 5.74) is 3.73. The van der Waals surface area contributed by atoms with Gasteiger partial charge in [-0.2, -0.15) is 0 Å². The number of morpholine rings is 1. The monoisotopic (exact) mass is 431 g/mol. The van der Waals surface area contributed by atoms with Gasteiger partial charge in [0.05, 0.1) is 23.5 Å². The molecule has 0 saturated carbocycles. The number of nitrogens with zero attached hydrogens (tertiary/aromatic N) is 4. The Kier molecular flexibility index (Phi) is 5.76. The summed E-state index contributed by atoms with van der Waals surface area (Å²) in [7, 11) is 0. The van der Waals surface area contributed by atoms with Gasteiger partial charge >= 0.3 is 0 Å². The topological polar surface area (TPSA) is 74.4 Å². The molecule has 32 heavy (non-hydrogen) atoms. The molecule has 7 nitrogen and oxygen atoms in total. The van der Waals surface area contributed by atoms with Crippen LogP contribution in [0, 0.1) is 0 Å². The molecule has 2 aliphatic rings. The number of hydrogen-bond acceptors (Lipinski definition) is 6. The number of pyridine rings is 1. The van der Waals surface area contributed by atoms with Gasteiger partial charge in [-0.25, -0.2) is 9.97 Å². The van der Waals surface area contributed by atoms with Crippen molar-refractivity contribution in [3.8, 4) is 11.4 Å². The molecular formula is C25H29N5O2. The van der Waals surface area contributed by atoms with Crippen LogP contribution in [0.4, 0.5) is 5.82 Å². The van der Waals surface area contributed by atoms with Crippen molar-refractivity contribution in [2.24, 2.45) is 0 Å². The van der Waals surface area contributed by atoms with E-state index < -0.39 is 0 Å². The van der Waals surface area contributed by atoms with Crippen LogP contribution in [0.5, 0.6) is 0 Å². The Morgan fingerprint density at radius 1 is 1.09 bits per heavy atom. The highest BCUT2D eigenvalue weighted by Crippen LogP contribution is 2.22. The molecule has 5 rings (SSSR count). The third-order valence-electron chi connectivity index (χ3n) is 6.15. The van der Waals surface area contributed by atoms with Crippen molar-refractivity contribution in [2.75, 3.05) is 24.5 Å². The van der Waals surface area contributed by atoms with E-state index in [1.807, 2.05) is 36.5 Å². The Labute approximate surface area is 188 Å². The lowest BCUT2D eigenvalue weighted by molar-refractivity contribution is -0.00546. The summed E-state index contributed by atoms with van der Waals surface area (Å²) >= 11 is 0. The van der Waals surface area contributed by atoms with Crippen molar-refractivity contribution in [1.82, 2.24) is 19.9 Å². The van der Waals surface area contributed by atoms with Crippen LogP contribution >= 0.6 is 0 Å². The predicted molar refractivity (Wildman–Crippen MR) is 125 cm³/mol. The van der Waals surface area contributed by atoms with Gasteiger partial charge in [-0.1, -0.05) is 36.4 Å². The van der Waals surface area contributed by atoms with Crippen molar-refractivity contribution >= 4 is 5.82 Å². The Hall–Kier alpha value is -3.03. The molecular weight excluding hydrogens is 402 g/mol. The smallest absolute Gasteiger partial charge is 0.255 e. The first-order chi connectivity index (χ1) is 15.5. The fourth-order valence-corrected chi connectivity index (χ4v) is 4.67. The van der Waals surface area contributed by atoms with E-state index in [1.54, 1.807) is 0 Å². The van der Waals surface area contributed by atoms with Gasteiger partial charge in [0.2, 0.25) is 0 Å². The van der Waals surface area contributed by atoms with E-state index in [1.165, 1.54) is 0 Å². The standard InChI is InChI=1S/C25H29N5O2/c1-17-13-30(14-18(2)32-17)23-9-8-19(12-26-23)15-29-11-10-22-21(16-29)25(31)28-24(27-22)20-6-4-3-5-7-20/h3-9,12,17-18H,10-11,13-16H2,1-2H3,(H,27,28,31).